The Morgan fingerprint density at radius 1 is 1.40 bits per heavy atom. The molecule has 1 unspecified atom stereocenters. The van der Waals surface area contributed by atoms with Crippen molar-refractivity contribution >= 4 is 5.91 Å². The zero-order valence-electron chi connectivity index (χ0n) is 11.7. The highest BCUT2D eigenvalue weighted by Crippen LogP contribution is 2.27. The Hall–Kier alpha value is -1.75. The number of amides is 1. The molecule has 0 aromatic heterocycles. The van der Waals surface area contributed by atoms with E-state index in [1.807, 2.05) is 6.92 Å². The average Bonchev–Trinajstić information content (AvgIpc) is 3.18. The van der Waals surface area contributed by atoms with Crippen LogP contribution in [0.2, 0.25) is 0 Å². The summed E-state index contributed by atoms with van der Waals surface area (Å²) in [4.78, 5) is 11.5. The van der Waals surface area contributed by atoms with Gasteiger partial charge in [-0.05, 0) is 38.8 Å². The Bertz CT molecular complexity index is 472. The summed E-state index contributed by atoms with van der Waals surface area (Å²) in [6.45, 7) is 2.65. The summed E-state index contributed by atoms with van der Waals surface area (Å²) >= 11 is 0. The van der Waals surface area contributed by atoms with Gasteiger partial charge in [0.25, 0.3) is 0 Å². The van der Waals surface area contributed by atoms with E-state index < -0.39 is 0 Å². The van der Waals surface area contributed by atoms with Crippen molar-refractivity contribution in [2.45, 2.75) is 44.7 Å². The molecule has 0 aliphatic heterocycles. The van der Waals surface area contributed by atoms with Crippen LogP contribution in [0.4, 0.5) is 0 Å². The molecule has 110 valence electrons. The molecule has 0 spiro atoms. The van der Waals surface area contributed by atoms with Crippen LogP contribution in [-0.4, -0.2) is 28.7 Å². The molecule has 4 N–H and O–H groups in total. The predicted octanol–water partition coefficient (Wildman–Crippen LogP) is 1.81. The summed E-state index contributed by atoms with van der Waals surface area (Å²) in [7, 11) is 0. The minimum atomic E-state index is -0.0258. The average molecular weight is 278 g/mol. The van der Waals surface area contributed by atoms with Gasteiger partial charge in [0.15, 0.2) is 0 Å². The number of rotatable bonds is 7. The number of hydrogen-bond donors (Lipinski definition) is 4. The lowest BCUT2D eigenvalue weighted by Gasteiger charge is -2.15. The van der Waals surface area contributed by atoms with Crippen molar-refractivity contribution in [3.63, 3.8) is 0 Å². The van der Waals surface area contributed by atoms with Crippen molar-refractivity contribution in [1.29, 1.82) is 0 Å². The van der Waals surface area contributed by atoms with Gasteiger partial charge in [-0.15, -0.1) is 0 Å². The van der Waals surface area contributed by atoms with E-state index in [9.17, 15) is 15.0 Å². The van der Waals surface area contributed by atoms with E-state index in [2.05, 4.69) is 10.6 Å². The second-order valence-electron chi connectivity index (χ2n) is 5.36. The van der Waals surface area contributed by atoms with Gasteiger partial charge in [-0.2, -0.15) is 0 Å². The van der Waals surface area contributed by atoms with Crippen LogP contribution in [0.3, 0.4) is 0 Å². The smallest absolute Gasteiger partial charge is 0.220 e. The standard InChI is InChI=1S/C15H22N2O3/c1-10(13-7-6-12(18)9-14(13)19)16-8-2-3-15(20)17-11-4-5-11/h6-7,9-11,16,18-19H,2-5,8H2,1H3,(H,17,20). The highest BCUT2D eigenvalue weighted by Gasteiger charge is 2.22. The molecular weight excluding hydrogens is 256 g/mol. The second-order valence-corrected chi connectivity index (χ2v) is 5.36. The molecule has 1 aliphatic rings. The van der Waals surface area contributed by atoms with Crippen LogP contribution in [0.1, 0.15) is 44.2 Å². The first-order valence-corrected chi connectivity index (χ1v) is 7.11. The van der Waals surface area contributed by atoms with Crippen LogP contribution in [0.5, 0.6) is 11.5 Å². The summed E-state index contributed by atoms with van der Waals surface area (Å²) in [5.41, 5.74) is 0.741. The van der Waals surface area contributed by atoms with Gasteiger partial charge < -0.3 is 20.8 Å². The number of benzene rings is 1. The molecular formula is C15H22N2O3. The molecule has 1 aromatic rings. The van der Waals surface area contributed by atoms with E-state index in [1.54, 1.807) is 12.1 Å². The van der Waals surface area contributed by atoms with E-state index in [1.165, 1.54) is 6.07 Å². The molecule has 2 rings (SSSR count). The zero-order valence-corrected chi connectivity index (χ0v) is 11.7. The molecule has 0 heterocycles. The van der Waals surface area contributed by atoms with E-state index in [0.29, 0.717) is 19.0 Å². The zero-order chi connectivity index (χ0) is 14.5. The summed E-state index contributed by atoms with van der Waals surface area (Å²) in [5.74, 6) is 0.251. The van der Waals surface area contributed by atoms with E-state index >= 15 is 0 Å². The molecule has 5 heteroatoms. The lowest BCUT2D eigenvalue weighted by molar-refractivity contribution is -0.121. The van der Waals surface area contributed by atoms with Crippen molar-refractivity contribution in [2.75, 3.05) is 6.54 Å². The Kier molecular flexibility index (Phi) is 4.84. The van der Waals surface area contributed by atoms with Crippen molar-refractivity contribution in [3.05, 3.63) is 23.8 Å². The molecule has 20 heavy (non-hydrogen) atoms. The van der Waals surface area contributed by atoms with Gasteiger partial charge in [0.1, 0.15) is 11.5 Å². The molecule has 1 fully saturated rings. The molecule has 5 nitrogen and oxygen atoms in total. The first-order valence-electron chi connectivity index (χ1n) is 7.11. The van der Waals surface area contributed by atoms with Crippen LogP contribution in [0.25, 0.3) is 0 Å². The number of phenols is 2. The number of carbonyl (C=O) groups is 1. The Morgan fingerprint density at radius 2 is 2.15 bits per heavy atom. The molecule has 0 bridgehead atoms. The van der Waals surface area contributed by atoms with Gasteiger partial charge in [-0.25, -0.2) is 0 Å². The summed E-state index contributed by atoms with van der Waals surface area (Å²) in [6.07, 6.45) is 3.52. The minimum absolute atomic E-state index is 0.0258. The fourth-order valence-electron chi connectivity index (χ4n) is 2.10. The molecule has 1 amide bonds. The topological polar surface area (TPSA) is 81.6 Å². The maximum absolute atomic E-state index is 11.5. The Labute approximate surface area is 119 Å². The molecule has 1 aromatic carbocycles. The molecule has 0 radical (unpaired) electrons. The largest absolute Gasteiger partial charge is 0.508 e. The maximum Gasteiger partial charge on any atom is 0.220 e. The fourth-order valence-corrected chi connectivity index (χ4v) is 2.10. The van der Waals surface area contributed by atoms with Gasteiger partial charge in [0.2, 0.25) is 5.91 Å². The quantitative estimate of drug-likeness (QED) is 0.573. The third-order valence-electron chi connectivity index (χ3n) is 3.45. The molecule has 1 atom stereocenters. The molecule has 1 saturated carbocycles. The molecule has 1 aliphatic carbocycles. The highest BCUT2D eigenvalue weighted by atomic mass is 16.3. The van der Waals surface area contributed by atoms with Gasteiger partial charge in [0.05, 0.1) is 0 Å². The third-order valence-corrected chi connectivity index (χ3v) is 3.45. The lowest BCUT2D eigenvalue weighted by atomic mass is 10.1. The van der Waals surface area contributed by atoms with Crippen molar-refractivity contribution in [1.82, 2.24) is 10.6 Å². The third kappa shape index (κ3) is 4.42. The van der Waals surface area contributed by atoms with Crippen molar-refractivity contribution < 1.29 is 15.0 Å². The second kappa shape index (κ2) is 6.61. The summed E-state index contributed by atoms with van der Waals surface area (Å²) in [5, 5.41) is 25.2. The Morgan fingerprint density at radius 3 is 2.80 bits per heavy atom. The van der Waals surface area contributed by atoms with Gasteiger partial charge in [-0.3, -0.25) is 4.79 Å². The number of phenolic OH excluding ortho intramolecular Hbond substituents is 2. The first kappa shape index (κ1) is 14.7. The minimum Gasteiger partial charge on any atom is -0.508 e. The van der Waals surface area contributed by atoms with Crippen molar-refractivity contribution in [3.8, 4) is 11.5 Å². The van der Waals surface area contributed by atoms with Crippen LogP contribution < -0.4 is 10.6 Å². The molecule has 0 saturated heterocycles. The highest BCUT2D eigenvalue weighted by molar-refractivity contribution is 5.76. The number of hydrogen-bond acceptors (Lipinski definition) is 4. The summed E-state index contributed by atoms with van der Waals surface area (Å²) in [6, 6.07) is 4.97. The van der Waals surface area contributed by atoms with E-state index in [0.717, 1.165) is 24.8 Å². The van der Waals surface area contributed by atoms with E-state index in [4.69, 9.17) is 0 Å². The van der Waals surface area contributed by atoms with Crippen LogP contribution in [0, 0.1) is 0 Å². The van der Waals surface area contributed by atoms with Crippen LogP contribution in [0.15, 0.2) is 18.2 Å². The predicted molar refractivity (Wildman–Crippen MR) is 76.6 cm³/mol. The normalized spacial score (nSPS) is 15.8. The number of nitrogens with one attached hydrogen (secondary N) is 2. The SMILES string of the molecule is CC(NCCCC(=O)NC1CC1)c1ccc(O)cc1O. The van der Waals surface area contributed by atoms with Gasteiger partial charge in [0, 0.05) is 30.1 Å². The Balaban J connectivity index is 1.68. The van der Waals surface area contributed by atoms with Gasteiger partial charge >= 0.3 is 0 Å². The van der Waals surface area contributed by atoms with Crippen LogP contribution >= 0.6 is 0 Å². The monoisotopic (exact) mass is 278 g/mol. The van der Waals surface area contributed by atoms with Crippen LogP contribution in [-0.2, 0) is 4.79 Å². The van der Waals surface area contributed by atoms with Gasteiger partial charge in [-0.1, -0.05) is 6.07 Å². The number of aromatic hydroxyl groups is 2. The fraction of sp³-hybridized carbons (Fsp3) is 0.533. The first-order chi connectivity index (χ1) is 9.56. The van der Waals surface area contributed by atoms with Crippen molar-refractivity contribution in [2.24, 2.45) is 0 Å². The summed E-state index contributed by atoms with van der Waals surface area (Å²) < 4.78 is 0. The van der Waals surface area contributed by atoms with E-state index in [-0.39, 0.29) is 23.4 Å². The lowest BCUT2D eigenvalue weighted by Crippen LogP contribution is -2.27. The maximum atomic E-state index is 11.5. The number of carbonyl (C=O) groups excluding carboxylic acids is 1.